The zero-order valence-electron chi connectivity index (χ0n) is 22.7. The van der Waals surface area contributed by atoms with Crippen LogP contribution in [0.5, 0.6) is 0 Å². The van der Waals surface area contributed by atoms with E-state index in [1.54, 1.807) is 12.4 Å². The molecule has 1 unspecified atom stereocenters. The summed E-state index contributed by atoms with van der Waals surface area (Å²) in [7, 11) is 0. The predicted molar refractivity (Wildman–Crippen MR) is 148 cm³/mol. The van der Waals surface area contributed by atoms with Crippen LogP contribution in [0.2, 0.25) is 0 Å². The Morgan fingerprint density at radius 2 is 2.08 bits per heavy atom. The van der Waals surface area contributed by atoms with Crippen molar-refractivity contribution in [1.82, 2.24) is 30.0 Å². The molecule has 10 heteroatoms. The van der Waals surface area contributed by atoms with Crippen molar-refractivity contribution in [2.75, 3.05) is 31.6 Å². The number of carbonyl (C=O) groups excluding carboxylic acids is 1. The molecule has 2 aromatic heterocycles. The van der Waals surface area contributed by atoms with Gasteiger partial charge in [-0.25, -0.2) is 14.8 Å². The summed E-state index contributed by atoms with van der Waals surface area (Å²) in [5.74, 6) is 0.532. The predicted octanol–water partition coefficient (Wildman–Crippen LogP) is 4.63. The first-order chi connectivity index (χ1) is 19.0. The Hall–Kier alpha value is -3.50. The molecule has 0 bridgehead atoms. The van der Waals surface area contributed by atoms with E-state index in [1.165, 1.54) is 11.1 Å². The smallest absolute Gasteiger partial charge is 0.318 e. The summed E-state index contributed by atoms with van der Waals surface area (Å²) in [6.45, 7) is 6.84. The van der Waals surface area contributed by atoms with Crippen LogP contribution in [0.1, 0.15) is 62.7 Å². The van der Waals surface area contributed by atoms with Crippen LogP contribution < -0.4 is 10.6 Å². The van der Waals surface area contributed by atoms with Gasteiger partial charge in [0.25, 0.3) is 0 Å². The van der Waals surface area contributed by atoms with E-state index >= 15 is 0 Å². The van der Waals surface area contributed by atoms with Gasteiger partial charge in [-0.1, -0.05) is 18.6 Å². The molecule has 2 N–H and O–H groups in total. The Bertz CT molecular complexity index is 1300. The van der Waals surface area contributed by atoms with Crippen LogP contribution >= 0.6 is 0 Å². The van der Waals surface area contributed by atoms with E-state index < -0.39 is 0 Å². The fraction of sp³-hybridized carbons (Fsp3) is 0.517. The lowest BCUT2D eigenvalue weighted by molar-refractivity contribution is -0.0644. The molecular weight excluding hydrogens is 494 g/mol. The maximum atomic E-state index is 12.9. The monoisotopic (exact) mass is 531 g/mol. The lowest BCUT2D eigenvalue weighted by Gasteiger charge is -2.40. The fourth-order valence-corrected chi connectivity index (χ4v) is 5.65. The summed E-state index contributed by atoms with van der Waals surface area (Å²) in [5.41, 5.74) is 5.22. The van der Waals surface area contributed by atoms with Crippen molar-refractivity contribution in [2.24, 2.45) is 0 Å². The minimum Gasteiger partial charge on any atom is -0.379 e. The van der Waals surface area contributed by atoms with E-state index in [2.05, 4.69) is 38.9 Å². The van der Waals surface area contributed by atoms with Crippen LogP contribution in [0.4, 0.5) is 16.4 Å². The molecule has 1 aromatic carbocycles. The number of aromatic nitrogens is 4. The molecule has 2 amide bonds. The number of anilines is 2. The maximum Gasteiger partial charge on any atom is 0.318 e. The largest absolute Gasteiger partial charge is 0.379 e. The van der Waals surface area contributed by atoms with Crippen molar-refractivity contribution in [3.8, 4) is 11.3 Å². The molecule has 2 atom stereocenters. The number of rotatable bonds is 7. The summed E-state index contributed by atoms with van der Waals surface area (Å²) in [6.07, 6.45) is 11.0. The van der Waals surface area contributed by atoms with Gasteiger partial charge in [0.05, 0.1) is 61.6 Å². The average molecular weight is 532 g/mol. The zero-order valence-corrected chi connectivity index (χ0v) is 22.7. The summed E-state index contributed by atoms with van der Waals surface area (Å²) >= 11 is 0. The average Bonchev–Trinajstić information content (AvgIpc) is 3.56. The summed E-state index contributed by atoms with van der Waals surface area (Å²) in [5, 5.41) is 11.0. The standard InChI is InChI=1S/C29H37N7O3/c1-19(2)39-24-16-35(17-24)29(37)34-27-6-4-3-5-20-13-21(7-8-25(20)27)26-9-11-30-28(33-26)32-22-14-31-36(15-22)23-10-12-38-18-23/h7-9,11,13-15,19,23-24,27H,3-6,10,12,16-18H2,1-2H3,(H,34,37)(H,30,32,33)/t23-,27?/m0/s1. The van der Waals surface area contributed by atoms with Crippen LogP contribution in [0.25, 0.3) is 11.3 Å². The molecule has 39 heavy (non-hydrogen) atoms. The number of hydrogen-bond donors (Lipinski definition) is 2. The van der Waals surface area contributed by atoms with Gasteiger partial charge in [0.15, 0.2) is 0 Å². The molecule has 206 valence electrons. The van der Waals surface area contributed by atoms with Gasteiger partial charge in [-0.05, 0) is 62.8 Å². The molecule has 2 saturated heterocycles. The first-order valence-corrected chi connectivity index (χ1v) is 14.1. The van der Waals surface area contributed by atoms with Crippen LogP contribution in [0.3, 0.4) is 0 Å². The molecule has 3 aliphatic rings. The van der Waals surface area contributed by atoms with Crippen molar-refractivity contribution in [3.05, 3.63) is 54.0 Å². The number of benzene rings is 1. The summed E-state index contributed by atoms with van der Waals surface area (Å²) in [4.78, 5) is 24.0. The molecule has 0 radical (unpaired) electrons. The number of urea groups is 1. The Kier molecular flexibility index (Phi) is 7.47. The van der Waals surface area contributed by atoms with Crippen LogP contribution in [0.15, 0.2) is 42.9 Å². The third-order valence-corrected chi connectivity index (χ3v) is 7.69. The Balaban J connectivity index is 1.13. The second kappa shape index (κ2) is 11.3. The van der Waals surface area contributed by atoms with E-state index in [4.69, 9.17) is 14.5 Å². The molecule has 1 aliphatic carbocycles. The molecule has 0 saturated carbocycles. The SMILES string of the molecule is CC(C)OC1CN(C(=O)NC2CCCCc3cc(-c4ccnc(Nc5cnn([C@H]6CCOC6)c5)n4)ccc32)C1. The number of ether oxygens (including phenoxy) is 2. The quantitative estimate of drug-likeness (QED) is 0.428. The zero-order chi connectivity index (χ0) is 26.8. The third kappa shape index (κ3) is 5.91. The third-order valence-electron chi connectivity index (χ3n) is 7.69. The molecule has 4 heterocycles. The van der Waals surface area contributed by atoms with Gasteiger partial charge in [0.1, 0.15) is 0 Å². The molecule has 6 rings (SSSR count). The first kappa shape index (κ1) is 25.8. The Morgan fingerprint density at radius 1 is 1.18 bits per heavy atom. The minimum absolute atomic E-state index is 0.00386. The van der Waals surface area contributed by atoms with E-state index in [0.717, 1.165) is 55.7 Å². The highest BCUT2D eigenvalue weighted by Gasteiger charge is 2.33. The van der Waals surface area contributed by atoms with Crippen molar-refractivity contribution in [3.63, 3.8) is 0 Å². The summed E-state index contributed by atoms with van der Waals surface area (Å²) < 4.78 is 13.2. The normalized spacial score (nSPS) is 21.4. The highest BCUT2D eigenvalue weighted by Crippen LogP contribution is 2.32. The van der Waals surface area contributed by atoms with Crippen molar-refractivity contribution < 1.29 is 14.3 Å². The minimum atomic E-state index is -0.00386. The van der Waals surface area contributed by atoms with Gasteiger partial charge in [0.2, 0.25) is 5.95 Å². The number of aryl methyl sites for hydroxylation is 1. The molecule has 0 spiro atoms. The highest BCUT2D eigenvalue weighted by molar-refractivity contribution is 5.76. The summed E-state index contributed by atoms with van der Waals surface area (Å²) in [6, 6.07) is 8.70. The number of hydrogen-bond acceptors (Lipinski definition) is 7. The second-order valence-corrected chi connectivity index (χ2v) is 11.0. The van der Waals surface area contributed by atoms with Crippen molar-refractivity contribution in [1.29, 1.82) is 0 Å². The van der Waals surface area contributed by atoms with E-state index in [0.29, 0.717) is 25.6 Å². The Morgan fingerprint density at radius 3 is 2.90 bits per heavy atom. The topological polar surface area (TPSA) is 106 Å². The number of amides is 2. The van der Waals surface area contributed by atoms with Gasteiger partial charge >= 0.3 is 6.03 Å². The molecule has 3 aromatic rings. The number of nitrogens with one attached hydrogen (secondary N) is 2. The van der Waals surface area contributed by atoms with Crippen molar-refractivity contribution >= 4 is 17.7 Å². The van der Waals surface area contributed by atoms with Crippen LogP contribution in [0, 0.1) is 0 Å². The van der Waals surface area contributed by atoms with Gasteiger partial charge < -0.3 is 25.0 Å². The number of fused-ring (bicyclic) bond motifs is 1. The maximum absolute atomic E-state index is 12.9. The van der Waals surface area contributed by atoms with Crippen molar-refractivity contribution in [2.45, 2.75) is 70.2 Å². The highest BCUT2D eigenvalue weighted by atomic mass is 16.5. The number of likely N-dealkylation sites (tertiary alicyclic amines) is 1. The van der Waals surface area contributed by atoms with E-state index in [-0.39, 0.29) is 30.3 Å². The van der Waals surface area contributed by atoms with Crippen LogP contribution in [-0.2, 0) is 15.9 Å². The first-order valence-electron chi connectivity index (χ1n) is 14.1. The molecule has 2 aliphatic heterocycles. The van der Waals surface area contributed by atoms with Gasteiger partial charge in [-0.15, -0.1) is 0 Å². The molecule has 10 nitrogen and oxygen atoms in total. The fourth-order valence-electron chi connectivity index (χ4n) is 5.65. The molecule has 2 fully saturated rings. The van der Waals surface area contributed by atoms with Gasteiger partial charge in [-0.2, -0.15) is 5.10 Å². The number of nitrogens with zero attached hydrogens (tertiary/aromatic N) is 5. The number of carbonyl (C=O) groups is 1. The second-order valence-electron chi connectivity index (χ2n) is 11.0. The van der Waals surface area contributed by atoms with E-state index in [9.17, 15) is 4.79 Å². The van der Waals surface area contributed by atoms with Gasteiger partial charge in [0, 0.05) is 24.6 Å². The lowest BCUT2D eigenvalue weighted by Crippen LogP contribution is -2.58. The Labute approximate surface area is 229 Å². The lowest BCUT2D eigenvalue weighted by atomic mass is 9.95. The van der Waals surface area contributed by atoms with Gasteiger partial charge in [-0.3, -0.25) is 4.68 Å². The molecular formula is C29H37N7O3. The van der Waals surface area contributed by atoms with Crippen LogP contribution in [-0.4, -0.2) is 69.2 Å². The van der Waals surface area contributed by atoms with E-state index in [1.807, 2.05) is 35.7 Å².